The molecule has 0 aromatic carbocycles. The molecule has 0 fully saturated rings. The molecular weight excluding hydrogens is 548 g/mol. The summed E-state index contributed by atoms with van der Waals surface area (Å²) >= 11 is 0.627. The van der Waals surface area contributed by atoms with Gasteiger partial charge in [0, 0.05) is 23.8 Å². The van der Waals surface area contributed by atoms with Gasteiger partial charge in [-0.05, 0) is 32.4 Å². The molecule has 9 nitrogen and oxygen atoms in total. The van der Waals surface area contributed by atoms with Crippen LogP contribution in [0.15, 0.2) is 26.6 Å². The highest BCUT2D eigenvalue weighted by Crippen LogP contribution is 2.42. The van der Waals surface area contributed by atoms with Gasteiger partial charge in [0.1, 0.15) is 8.42 Å². The molecule has 0 radical (unpaired) electrons. The number of sulfone groups is 1. The molecule has 0 aliphatic carbocycles. The highest BCUT2D eigenvalue weighted by Gasteiger charge is 2.39. The maximum Gasteiger partial charge on any atom is 0.330 e. The van der Waals surface area contributed by atoms with Gasteiger partial charge in [0.05, 0.1) is 11.9 Å². The predicted octanol–water partition coefficient (Wildman–Crippen LogP) is 4.79. The number of unbranched alkanes of at least 4 members (excludes halogenated alkanes) is 9. The molecule has 1 aromatic heterocycles. The first kappa shape index (κ1) is 32.5. The third-order valence-electron chi connectivity index (χ3n) is 6.50. The van der Waals surface area contributed by atoms with E-state index in [4.69, 9.17) is 4.74 Å². The fourth-order valence-corrected chi connectivity index (χ4v) is 9.29. The second-order valence-corrected chi connectivity index (χ2v) is 15.2. The van der Waals surface area contributed by atoms with Gasteiger partial charge in [-0.3, -0.25) is 4.79 Å². The molecule has 2 N–H and O–H groups in total. The molecule has 0 saturated carbocycles. The Morgan fingerprint density at radius 2 is 1.63 bits per heavy atom. The van der Waals surface area contributed by atoms with E-state index in [1.54, 1.807) is 6.92 Å². The number of hydrogen-bond acceptors (Lipinski definition) is 9. The van der Waals surface area contributed by atoms with Crippen LogP contribution in [0.1, 0.15) is 103 Å². The molecule has 216 valence electrons. The molecule has 12 heteroatoms. The number of ether oxygens (including phenoxy) is 1. The molecule has 2 atom stereocenters. The van der Waals surface area contributed by atoms with Crippen LogP contribution in [-0.4, -0.2) is 47.1 Å². The Kier molecular flexibility index (Phi) is 13.4. The molecule has 0 spiro atoms. The lowest BCUT2D eigenvalue weighted by molar-refractivity contribution is -0.138. The minimum atomic E-state index is -4.32. The summed E-state index contributed by atoms with van der Waals surface area (Å²) in [6.45, 7) is 6.51. The molecule has 1 amide bonds. The number of carbonyl (C=O) groups is 2. The Morgan fingerprint density at radius 1 is 1.03 bits per heavy atom. The molecular formula is C26H42N2O7S3. The summed E-state index contributed by atoms with van der Waals surface area (Å²) in [5, 5.41) is 2.53. The van der Waals surface area contributed by atoms with E-state index >= 15 is 0 Å². The van der Waals surface area contributed by atoms with Crippen molar-refractivity contribution in [3.05, 3.63) is 23.8 Å². The van der Waals surface area contributed by atoms with Crippen molar-refractivity contribution in [2.24, 2.45) is 0 Å². The van der Waals surface area contributed by atoms with Crippen LogP contribution in [0, 0.1) is 0 Å². The fourth-order valence-electron chi connectivity index (χ4n) is 4.34. The van der Waals surface area contributed by atoms with Gasteiger partial charge in [-0.2, -0.15) is 0 Å². The number of rotatable bonds is 17. The van der Waals surface area contributed by atoms with Crippen LogP contribution < -0.4 is 10.0 Å². The molecule has 0 bridgehead atoms. The number of esters is 1. The summed E-state index contributed by atoms with van der Waals surface area (Å²) in [6.07, 6.45) is 13.6. The van der Waals surface area contributed by atoms with Gasteiger partial charge < -0.3 is 10.1 Å². The molecule has 1 aliphatic heterocycles. The second-order valence-electron chi connectivity index (χ2n) is 9.66. The Balaban J connectivity index is 1.80. The minimum Gasteiger partial charge on any atom is -0.463 e. The van der Waals surface area contributed by atoms with E-state index in [0.717, 1.165) is 31.4 Å². The van der Waals surface area contributed by atoms with Crippen molar-refractivity contribution >= 4 is 43.1 Å². The summed E-state index contributed by atoms with van der Waals surface area (Å²) in [5.41, 5.74) is 0.397. The van der Waals surface area contributed by atoms with Crippen molar-refractivity contribution < 1.29 is 31.2 Å². The van der Waals surface area contributed by atoms with Crippen molar-refractivity contribution in [1.29, 1.82) is 0 Å². The molecule has 0 saturated heterocycles. The zero-order valence-electron chi connectivity index (χ0n) is 22.7. The predicted molar refractivity (Wildman–Crippen MR) is 149 cm³/mol. The molecule has 38 heavy (non-hydrogen) atoms. The van der Waals surface area contributed by atoms with Gasteiger partial charge in [-0.25, -0.2) is 26.4 Å². The average molecular weight is 591 g/mol. The number of thiophene rings is 1. The van der Waals surface area contributed by atoms with E-state index in [9.17, 15) is 26.4 Å². The standard InChI is InChI=1S/C26H42N2O7S3/c1-4-6-7-8-9-10-11-12-13-14-17-35-24(30)16-15-23(29)28-38(33,34)25-19-21-22(27-5-2)18-20(3)37(31,32)26(21)36-25/h15-16,19-20,22,27H,4-14,17-18H2,1-3H3,(H,28,29)/b16-15+/t20-,22-/m0/s1. The highest BCUT2D eigenvalue weighted by atomic mass is 32.3. The third kappa shape index (κ3) is 9.77. The number of carbonyl (C=O) groups excluding carboxylic acids is 2. The van der Waals surface area contributed by atoms with Crippen molar-refractivity contribution in [3.8, 4) is 0 Å². The van der Waals surface area contributed by atoms with Gasteiger partial charge in [0.25, 0.3) is 15.9 Å². The summed E-state index contributed by atoms with van der Waals surface area (Å²) in [4.78, 5) is 24.0. The monoisotopic (exact) mass is 590 g/mol. The first-order chi connectivity index (χ1) is 18.0. The third-order valence-corrected chi connectivity index (χ3v) is 12.2. The lowest BCUT2D eigenvalue weighted by atomic mass is 10.1. The van der Waals surface area contributed by atoms with E-state index in [1.165, 1.54) is 51.0 Å². The maximum atomic E-state index is 12.8. The van der Waals surface area contributed by atoms with Gasteiger partial charge >= 0.3 is 5.97 Å². The van der Waals surface area contributed by atoms with Gasteiger partial charge in [0.15, 0.2) is 9.84 Å². The highest BCUT2D eigenvalue weighted by molar-refractivity contribution is 7.95. The fraction of sp³-hybridized carbons (Fsp3) is 0.692. The molecule has 0 unspecified atom stereocenters. The van der Waals surface area contributed by atoms with E-state index in [2.05, 4.69) is 12.2 Å². The van der Waals surface area contributed by atoms with Crippen molar-refractivity contribution in [3.63, 3.8) is 0 Å². The number of fused-ring (bicyclic) bond motifs is 1. The van der Waals surface area contributed by atoms with Crippen molar-refractivity contribution in [2.75, 3.05) is 13.2 Å². The largest absolute Gasteiger partial charge is 0.463 e. The van der Waals surface area contributed by atoms with Crippen molar-refractivity contribution in [1.82, 2.24) is 10.0 Å². The molecule has 1 aromatic rings. The van der Waals surface area contributed by atoms with E-state index < -0.39 is 37.0 Å². The zero-order valence-corrected chi connectivity index (χ0v) is 25.1. The second kappa shape index (κ2) is 15.7. The lowest BCUT2D eigenvalue weighted by Crippen LogP contribution is -2.33. The smallest absolute Gasteiger partial charge is 0.330 e. The summed E-state index contributed by atoms with van der Waals surface area (Å²) in [7, 11) is -7.98. The normalized spacial score (nSPS) is 18.8. The van der Waals surface area contributed by atoms with Crippen LogP contribution in [-0.2, 0) is 34.2 Å². The summed E-state index contributed by atoms with van der Waals surface area (Å²) < 4.78 is 57.7. The van der Waals surface area contributed by atoms with Gasteiger partial charge in [0.2, 0.25) is 0 Å². The minimum absolute atomic E-state index is 0.00103. The number of hydrogen-bond donors (Lipinski definition) is 2. The molecule has 2 rings (SSSR count). The van der Waals surface area contributed by atoms with Crippen LogP contribution in [0.4, 0.5) is 0 Å². The van der Waals surface area contributed by atoms with E-state index in [0.29, 0.717) is 29.9 Å². The average Bonchev–Trinajstić information content (AvgIpc) is 3.33. The van der Waals surface area contributed by atoms with Crippen LogP contribution in [0.5, 0.6) is 0 Å². The molecule has 1 aliphatic rings. The zero-order chi connectivity index (χ0) is 28.2. The van der Waals surface area contributed by atoms with Crippen molar-refractivity contribution in [2.45, 2.75) is 111 Å². The lowest BCUT2D eigenvalue weighted by Gasteiger charge is -2.27. The van der Waals surface area contributed by atoms with Crippen LogP contribution in [0.2, 0.25) is 0 Å². The quantitative estimate of drug-likeness (QED) is 0.150. The van der Waals surface area contributed by atoms with Crippen LogP contribution in [0.3, 0.4) is 0 Å². The van der Waals surface area contributed by atoms with E-state index in [1.807, 2.05) is 11.6 Å². The Bertz CT molecular complexity index is 1160. The van der Waals surface area contributed by atoms with Gasteiger partial charge in [-0.1, -0.05) is 71.6 Å². The maximum absolute atomic E-state index is 12.8. The first-order valence-corrected chi connectivity index (χ1v) is 17.4. The van der Waals surface area contributed by atoms with Crippen LogP contribution in [0.25, 0.3) is 0 Å². The summed E-state index contributed by atoms with van der Waals surface area (Å²) in [5.74, 6) is -1.75. The van der Waals surface area contributed by atoms with Crippen LogP contribution >= 0.6 is 11.3 Å². The van der Waals surface area contributed by atoms with E-state index in [-0.39, 0.29) is 21.1 Å². The summed E-state index contributed by atoms with van der Waals surface area (Å²) in [6, 6.07) is 1.01. The Morgan fingerprint density at radius 3 is 2.24 bits per heavy atom. The number of amides is 1. The number of nitrogens with one attached hydrogen (secondary N) is 2. The first-order valence-electron chi connectivity index (χ1n) is 13.6. The topological polar surface area (TPSA) is 136 Å². The molecule has 2 heterocycles. The number of sulfonamides is 1. The Labute approximate surface area is 231 Å². The van der Waals surface area contributed by atoms with Gasteiger partial charge in [-0.15, -0.1) is 11.3 Å². The SMILES string of the molecule is CCCCCCCCCCCCOC(=O)/C=C/C(=O)NS(=O)(=O)c1cc2c(s1)S(=O)(=O)[C@@H](C)C[C@@H]2NCC. The Hall–Kier alpha value is -1.76.